The van der Waals surface area contributed by atoms with Gasteiger partial charge in [-0.3, -0.25) is 4.98 Å². The number of rotatable bonds is 6. The van der Waals surface area contributed by atoms with Crippen LogP contribution in [-0.2, 0) is 11.2 Å². The number of anilines is 1. The number of morpholine rings is 1. The molecule has 7 nitrogen and oxygen atoms in total. The van der Waals surface area contributed by atoms with Crippen LogP contribution in [0.1, 0.15) is 16.7 Å². The number of methoxy groups -OCH3 is 1. The molecule has 4 rings (SSSR count). The highest BCUT2D eigenvalue weighted by Crippen LogP contribution is 2.30. The molecule has 2 heterocycles. The summed E-state index contributed by atoms with van der Waals surface area (Å²) in [5.41, 5.74) is 3.71. The molecule has 1 aliphatic heterocycles. The van der Waals surface area contributed by atoms with Crippen LogP contribution in [0, 0.1) is 23.7 Å². The number of hydrogen-bond acceptors (Lipinski definition) is 7. The molecule has 1 aromatic heterocycles. The average molecular weight is 414 g/mol. The second-order valence-electron chi connectivity index (χ2n) is 7.06. The third-order valence-electron chi connectivity index (χ3n) is 5.17. The van der Waals surface area contributed by atoms with Gasteiger partial charge in [-0.25, -0.2) is 4.98 Å². The van der Waals surface area contributed by atoms with Gasteiger partial charge in [0.15, 0.2) is 11.5 Å². The molecule has 0 atom stereocenters. The zero-order chi connectivity index (χ0) is 21.6. The third kappa shape index (κ3) is 4.37. The molecule has 0 saturated carbocycles. The van der Waals surface area contributed by atoms with Crippen molar-refractivity contribution in [3.05, 3.63) is 53.2 Å². The minimum atomic E-state index is 0.170. The van der Waals surface area contributed by atoms with Crippen molar-refractivity contribution >= 4 is 16.9 Å². The first-order valence-corrected chi connectivity index (χ1v) is 9.98. The van der Waals surface area contributed by atoms with Gasteiger partial charge in [-0.1, -0.05) is 18.1 Å². The molecule has 1 saturated heterocycles. The number of aromatic nitrogens is 2. The first-order valence-electron chi connectivity index (χ1n) is 9.98. The average Bonchev–Trinajstić information content (AvgIpc) is 2.83. The van der Waals surface area contributed by atoms with Crippen LogP contribution in [0.2, 0.25) is 0 Å². The Hall–Kier alpha value is -3.81. The maximum absolute atomic E-state index is 9.92. The summed E-state index contributed by atoms with van der Waals surface area (Å²) < 4.78 is 16.4. The van der Waals surface area contributed by atoms with Crippen molar-refractivity contribution in [2.75, 3.05) is 44.9 Å². The van der Waals surface area contributed by atoms with Crippen LogP contribution >= 0.6 is 0 Å². The van der Waals surface area contributed by atoms with Gasteiger partial charge in [0.05, 0.1) is 37.6 Å². The molecule has 2 aromatic carbocycles. The van der Waals surface area contributed by atoms with Crippen LogP contribution in [-0.4, -0.2) is 50.0 Å². The minimum absolute atomic E-state index is 0.170. The van der Waals surface area contributed by atoms with Gasteiger partial charge in [0.2, 0.25) is 0 Å². The molecule has 7 heteroatoms. The molecule has 0 amide bonds. The molecule has 1 fully saturated rings. The van der Waals surface area contributed by atoms with E-state index in [1.165, 1.54) is 0 Å². The van der Waals surface area contributed by atoms with Gasteiger partial charge in [-0.2, -0.15) is 5.26 Å². The van der Waals surface area contributed by atoms with Crippen molar-refractivity contribution in [3.63, 3.8) is 0 Å². The molecule has 3 aromatic rings. The fraction of sp³-hybridized carbons (Fsp3) is 0.292. The molecule has 0 N–H and O–H groups in total. The summed E-state index contributed by atoms with van der Waals surface area (Å²) in [5, 5.41) is 9.92. The Morgan fingerprint density at radius 3 is 2.77 bits per heavy atom. The number of fused-ring (bicyclic) bond motifs is 1. The maximum Gasteiger partial charge on any atom is 0.162 e. The Bertz CT molecular complexity index is 1170. The minimum Gasteiger partial charge on any atom is -0.493 e. The van der Waals surface area contributed by atoms with E-state index in [1.54, 1.807) is 13.3 Å². The number of nitrogens with zero attached hydrogens (tertiary/aromatic N) is 4. The van der Waals surface area contributed by atoms with E-state index in [-0.39, 0.29) is 6.61 Å². The summed E-state index contributed by atoms with van der Waals surface area (Å²) in [4.78, 5) is 11.4. The van der Waals surface area contributed by atoms with Crippen molar-refractivity contribution < 1.29 is 14.2 Å². The molecule has 0 unspecified atom stereocenters. The van der Waals surface area contributed by atoms with E-state index in [2.05, 4.69) is 21.9 Å². The smallest absolute Gasteiger partial charge is 0.162 e. The molecule has 0 radical (unpaired) electrons. The van der Waals surface area contributed by atoms with Gasteiger partial charge < -0.3 is 19.1 Å². The van der Waals surface area contributed by atoms with E-state index < -0.39 is 0 Å². The number of nitriles is 1. The third-order valence-corrected chi connectivity index (χ3v) is 5.17. The topological polar surface area (TPSA) is 80.5 Å². The van der Waals surface area contributed by atoms with E-state index in [0.717, 1.165) is 30.0 Å². The molecular formula is C24H22N4O3. The largest absolute Gasteiger partial charge is 0.493 e. The SMILES string of the molecule is C#CCOc1ccc(Cc2ccc3ncc(N4CCOCC4)nc3c2C#N)cc1OC. The Morgan fingerprint density at radius 1 is 1.19 bits per heavy atom. The molecule has 0 spiro atoms. The first kappa shape index (κ1) is 20.5. The van der Waals surface area contributed by atoms with Gasteiger partial charge in [-0.15, -0.1) is 6.42 Å². The summed E-state index contributed by atoms with van der Waals surface area (Å²) in [6.45, 7) is 3.01. The Kier molecular flexibility index (Phi) is 6.16. The highest BCUT2D eigenvalue weighted by Gasteiger charge is 2.16. The number of hydrogen-bond donors (Lipinski definition) is 0. The van der Waals surface area contributed by atoms with Gasteiger partial charge in [0.1, 0.15) is 24.0 Å². The van der Waals surface area contributed by atoms with E-state index in [0.29, 0.717) is 47.7 Å². The summed E-state index contributed by atoms with van der Waals surface area (Å²) in [7, 11) is 1.58. The highest BCUT2D eigenvalue weighted by atomic mass is 16.5. The lowest BCUT2D eigenvalue weighted by atomic mass is 9.98. The summed E-state index contributed by atoms with van der Waals surface area (Å²) in [5.74, 6) is 4.40. The first-order chi connectivity index (χ1) is 15.2. The Labute approximate surface area is 181 Å². The van der Waals surface area contributed by atoms with Gasteiger partial charge in [0, 0.05) is 13.1 Å². The lowest BCUT2D eigenvalue weighted by molar-refractivity contribution is 0.122. The number of benzene rings is 2. The lowest BCUT2D eigenvalue weighted by Crippen LogP contribution is -2.36. The molecule has 156 valence electrons. The highest BCUT2D eigenvalue weighted by molar-refractivity contribution is 5.83. The van der Waals surface area contributed by atoms with Gasteiger partial charge in [0.25, 0.3) is 0 Å². The molecule has 0 aliphatic carbocycles. The van der Waals surface area contributed by atoms with Crippen molar-refractivity contribution in [2.24, 2.45) is 0 Å². The van der Waals surface area contributed by atoms with Crippen molar-refractivity contribution in [2.45, 2.75) is 6.42 Å². The van der Waals surface area contributed by atoms with Crippen LogP contribution in [0.25, 0.3) is 11.0 Å². The number of terminal acetylenes is 1. The quantitative estimate of drug-likeness (QED) is 0.574. The summed E-state index contributed by atoms with van der Waals surface area (Å²) in [6.07, 6.45) is 7.58. The fourth-order valence-electron chi connectivity index (χ4n) is 3.61. The van der Waals surface area contributed by atoms with Gasteiger partial charge >= 0.3 is 0 Å². The van der Waals surface area contributed by atoms with Crippen LogP contribution in [0.15, 0.2) is 36.5 Å². The fourth-order valence-corrected chi connectivity index (χ4v) is 3.61. The van der Waals surface area contributed by atoms with Crippen molar-refractivity contribution in [3.8, 4) is 29.9 Å². The van der Waals surface area contributed by atoms with E-state index in [1.807, 2.05) is 30.3 Å². The van der Waals surface area contributed by atoms with E-state index in [9.17, 15) is 5.26 Å². The maximum atomic E-state index is 9.92. The second kappa shape index (κ2) is 9.34. The van der Waals surface area contributed by atoms with Crippen LogP contribution in [0.4, 0.5) is 5.82 Å². The van der Waals surface area contributed by atoms with E-state index in [4.69, 9.17) is 25.6 Å². The monoisotopic (exact) mass is 414 g/mol. The molecule has 1 aliphatic rings. The zero-order valence-electron chi connectivity index (χ0n) is 17.3. The predicted molar refractivity (Wildman–Crippen MR) is 117 cm³/mol. The normalized spacial score (nSPS) is 13.5. The standard InChI is InChI=1S/C24H22N4O3/c1-3-10-31-21-7-4-17(14-22(21)29-2)13-18-5-6-20-24(19(18)15-25)27-23(16-26-20)28-8-11-30-12-9-28/h1,4-7,14,16H,8-13H2,2H3. The van der Waals surface area contributed by atoms with Gasteiger partial charge in [-0.05, 0) is 35.7 Å². The van der Waals surface area contributed by atoms with Crippen LogP contribution < -0.4 is 14.4 Å². The van der Waals surface area contributed by atoms with Crippen molar-refractivity contribution in [1.82, 2.24) is 9.97 Å². The molecule has 0 bridgehead atoms. The molecular weight excluding hydrogens is 392 g/mol. The van der Waals surface area contributed by atoms with E-state index >= 15 is 0 Å². The lowest BCUT2D eigenvalue weighted by Gasteiger charge is -2.27. The summed E-state index contributed by atoms with van der Waals surface area (Å²) in [6, 6.07) is 11.8. The summed E-state index contributed by atoms with van der Waals surface area (Å²) >= 11 is 0. The second-order valence-corrected chi connectivity index (χ2v) is 7.06. The van der Waals surface area contributed by atoms with Crippen LogP contribution in [0.3, 0.4) is 0 Å². The van der Waals surface area contributed by atoms with Crippen molar-refractivity contribution in [1.29, 1.82) is 5.26 Å². The zero-order valence-corrected chi connectivity index (χ0v) is 17.3. The Morgan fingerprint density at radius 2 is 2.03 bits per heavy atom. The Balaban J connectivity index is 1.67. The van der Waals surface area contributed by atoms with Crippen LogP contribution in [0.5, 0.6) is 11.5 Å². The predicted octanol–water partition coefficient (Wildman–Crippen LogP) is 2.95. The number of ether oxygens (including phenoxy) is 3. The molecule has 31 heavy (non-hydrogen) atoms.